The van der Waals surface area contributed by atoms with Crippen LogP contribution < -0.4 is 10.3 Å². The van der Waals surface area contributed by atoms with Crippen LogP contribution >= 0.6 is 0 Å². The highest BCUT2D eigenvalue weighted by Gasteiger charge is 2.24. The van der Waals surface area contributed by atoms with Crippen LogP contribution in [0.3, 0.4) is 0 Å². The number of hydrogen-bond acceptors (Lipinski definition) is 6. The van der Waals surface area contributed by atoms with Gasteiger partial charge in [-0.15, -0.1) is 0 Å². The number of nitriles is 1. The second kappa shape index (κ2) is 11.7. The summed E-state index contributed by atoms with van der Waals surface area (Å²) in [5.41, 5.74) is 0.945. The van der Waals surface area contributed by atoms with E-state index in [0.717, 1.165) is 18.6 Å². The topological polar surface area (TPSA) is 119 Å². The summed E-state index contributed by atoms with van der Waals surface area (Å²) in [6.45, 7) is 0.383. The van der Waals surface area contributed by atoms with E-state index in [1.54, 1.807) is 10.7 Å². The first-order chi connectivity index (χ1) is 21.2. The van der Waals surface area contributed by atoms with Gasteiger partial charge in [0.1, 0.15) is 18.2 Å². The Balaban J connectivity index is 1.27. The molecular formula is C32H23F3N4O5. The van der Waals surface area contributed by atoms with Crippen LogP contribution in [0.2, 0.25) is 0 Å². The van der Waals surface area contributed by atoms with Crippen LogP contribution in [0.25, 0.3) is 22.2 Å². The van der Waals surface area contributed by atoms with E-state index in [2.05, 4.69) is 4.98 Å². The molecule has 1 unspecified atom stereocenters. The van der Waals surface area contributed by atoms with Gasteiger partial charge in [0.2, 0.25) is 0 Å². The van der Waals surface area contributed by atoms with Crippen LogP contribution in [0.4, 0.5) is 13.2 Å². The number of rotatable bonds is 9. The molecule has 3 aromatic carbocycles. The number of pyridine rings is 1. The van der Waals surface area contributed by atoms with Gasteiger partial charge in [0, 0.05) is 23.3 Å². The van der Waals surface area contributed by atoms with Gasteiger partial charge in [0.05, 0.1) is 53.0 Å². The van der Waals surface area contributed by atoms with Crippen molar-refractivity contribution in [2.24, 2.45) is 0 Å². The number of benzene rings is 3. The number of hydrogen-bond donors (Lipinski definition) is 1. The van der Waals surface area contributed by atoms with Gasteiger partial charge in [0.25, 0.3) is 11.4 Å². The van der Waals surface area contributed by atoms with Gasteiger partial charge in [-0.05, 0) is 55.0 Å². The van der Waals surface area contributed by atoms with Crippen LogP contribution in [0.1, 0.15) is 33.5 Å². The standard InChI is InChI=1S/C32H23F3N4O5/c33-25-7-8-28(37-30(25)44-17-22-2-1-18(14-36)11-26(22)34)19-3-4-21(27(35)12-19)15-39-31(40)24-6-5-20(32(41)42)13-29(24)38(39)16-23-9-10-43-23/h1-8,11-13,23H,9-10,15-17H2,(H,41,42). The second-order valence-corrected chi connectivity index (χ2v) is 10.3. The van der Waals surface area contributed by atoms with Crippen molar-refractivity contribution < 1.29 is 32.5 Å². The average Bonchev–Trinajstić information content (AvgIpc) is 3.25. The first-order valence-electron chi connectivity index (χ1n) is 13.6. The van der Waals surface area contributed by atoms with Crippen molar-refractivity contribution in [3.8, 4) is 23.2 Å². The molecule has 2 aromatic heterocycles. The van der Waals surface area contributed by atoms with Crippen molar-refractivity contribution in [2.75, 3.05) is 6.61 Å². The number of ether oxygens (including phenoxy) is 2. The number of aromatic nitrogens is 3. The maximum Gasteiger partial charge on any atom is 0.335 e. The van der Waals surface area contributed by atoms with Crippen molar-refractivity contribution in [1.29, 1.82) is 5.26 Å². The fourth-order valence-electron chi connectivity index (χ4n) is 4.97. The number of nitrogens with zero attached hydrogens (tertiary/aromatic N) is 4. The molecule has 0 aliphatic carbocycles. The minimum atomic E-state index is -1.13. The van der Waals surface area contributed by atoms with Crippen molar-refractivity contribution in [2.45, 2.75) is 32.2 Å². The minimum Gasteiger partial charge on any atom is -0.478 e. The fraction of sp³-hybridized carbons (Fsp3) is 0.188. The third kappa shape index (κ3) is 5.52. The lowest BCUT2D eigenvalue weighted by atomic mass is 10.1. The molecule has 6 rings (SSSR count). The Morgan fingerprint density at radius 3 is 2.45 bits per heavy atom. The molecule has 0 amide bonds. The van der Waals surface area contributed by atoms with E-state index in [1.165, 1.54) is 53.2 Å². The van der Waals surface area contributed by atoms with Crippen LogP contribution in [0.5, 0.6) is 5.88 Å². The zero-order valence-corrected chi connectivity index (χ0v) is 23.0. The monoisotopic (exact) mass is 600 g/mol. The Morgan fingerprint density at radius 1 is 1.00 bits per heavy atom. The van der Waals surface area contributed by atoms with Crippen LogP contribution in [0.15, 0.2) is 71.5 Å². The molecule has 1 atom stereocenters. The zero-order valence-electron chi connectivity index (χ0n) is 23.0. The van der Waals surface area contributed by atoms with Crippen molar-refractivity contribution in [3.63, 3.8) is 0 Å². The van der Waals surface area contributed by atoms with E-state index in [1.807, 2.05) is 6.07 Å². The molecule has 222 valence electrons. The Labute approximate surface area is 247 Å². The Kier molecular flexibility index (Phi) is 7.63. The molecule has 1 fully saturated rings. The van der Waals surface area contributed by atoms with Gasteiger partial charge < -0.3 is 14.6 Å². The summed E-state index contributed by atoms with van der Waals surface area (Å²) >= 11 is 0. The lowest BCUT2D eigenvalue weighted by molar-refractivity contribution is -0.0618. The summed E-state index contributed by atoms with van der Waals surface area (Å²) < 4.78 is 58.1. The maximum atomic E-state index is 15.5. The summed E-state index contributed by atoms with van der Waals surface area (Å²) in [5, 5.41) is 18.7. The normalized spacial score (nSPS) is 14.3. The molecule has 1 aliphatic rings. The molecule has 9 nitrogen and oxygen atoms in total. The summed E-state index contributed by atoms with van der Waals surface area (Å²) in [7, 11) is 0. The first kappa shape index (κ1) is 28.7. The molecule has 44 heavy (non-hydrogen) atoms. The van der Waals surface area contributed by atoms with E-state index in [4.69, 9.17) is 14.7 Å². The second-order valence-electron chi connectivity index (χ2n) is 10.3. The predicted molar refractivity (Wildman–Crippen MR) is 152 cm³/mol. The van der Waals surface area contributed by atoms with Gasteiger partial charge in [-0.25, -0.2) is 27.6 Å². The number of carbonyl (C=O) groups is 1. The van der Waals surface area contributed by atoms with Gasteiger partial charge >= 0.3 is 5.97 Å². The Hall–Kier alpha value is -5.41. The molecule has 0 saturated carbocycles. The molecule has 3 heterocycles. The molecule has 1 saturated heterocycles. The zero-order chi connectivity index (χ0) is 31.0. The molecule has 0 bridgehead atoms. The van der Waals surface area contributed by atoms with Gasteiger partial charge in [-0.3, -0.25) is 9.48 Å². The third-order valence-corrected chi connectivity index (χ3v) is 7.48. The predicted octanol–water partition coefficient (Wildman–Crippen LogP) is 5.27. The summed E-state index contributed by atoms with van der Waals surface area (Å²) in [6.07, 6.45) is 0.611. The van der Waals surface area contributed by atoms with Crippen molar-refractivity contribution in [1.82, 2.24) is 14.3 Å². The summed E-state index contributed by atoms with van der Waals surface area (Å²) in [4.78, 5) is 29.1. The molecule has 1 N–H and O–H groups in total. The van der Waals surface area contributed by atoms with E-state index >= 15 is 4.39 Å². The first-order valence-corrected chi connectivity index (χ1v) is 13.6. The molecular weight excluding hydrogens is 577 g/mol. The fourth-order valence-corrected chi connectivity index (χ4v) is 4.97. The number of carboxylic acids is 1. The van der Waals surface area contributed by atoms with E-state index in [9.17, 15) is 23.5 Å². The largest absolute Gasteiger partial charge is 0.478 e. The number of fused-ring (bicyclic) bond motifs is 1. The average molecular weight is 601 g/mol. The van der Waals surface area contributed by atoms with Gasteiger partial charge in [-0.2, -0.15) is 5.26 Å². The molecule has 5 aromatic rings. The van der Waals surface area contributed by atoms with E-state index in [-0.39, 0.29) is 53.7 Å². The highest BCUT2D eigenvalue weighted by atomic mass is 19.1. The Morgan fingerprint density at radius 2 is 1.77 bits per heavy atom. The highest BCUT2D eigenvalue weighted by molar-refractivity contribution is 5.93. The quantitative estimate of drug-likeness (QED) is 0.245. The SMILES string of the molecule is N#Cc1ccc(COc2nc(-c3ccc(Cn4c(=O)c5ccc(C(=O)O)cc5n4CC4CCO4)c(F)c3)ccc2F)c(F)c1. The van der Waals surface area contributed by atoms with Crippen LogP contribution in [0, 0.1) is 28.8 Å². The van der Waals surface area contributed by atoms with Crippen LogP contribution in [-0.2, 0) is 24.4 Å². The molecule has 0 radical (unpaired) electrons. The Bertz CT molecular complexity index is 2030. The van der Waals surface area contributed by atoms with E-state index in [0.29, 0.717) is 23.1 Å². The maximum absolute atomic E-state index is 15.5. The minimum absolute atomic E-state index is 0.0191. The third-order valence-electron chi connectivity index (χ3n) is 7.48. The summed E-state index contributed by atoms with van der Waals surface area (Å²) in [6, 6.07) is 16.6. The highest BCUT2D eigenvalue weighted by Crippen LogP contribution is 2.26. The number of halogens is 3. The van der Waals surface area contributed by atoms with Gasteiger partial charge in [0.15, 0.2) is 5.82 Å². The summed E-state index contributed by atoms with van der Waals surface area (Å²) in [5.74, 6) is -3.67. The molecule has 1 aliphatic heterocycles. The smallest absolute Gasteiger partial charge is 0.335 e. The van der Waals surface area contributed by atoms with Crippen molar-refractivity contribution >= 4 is 16.9 Å². The number of aromatic carboxylic acids is 1. The van der Waals surface area contributed by atoms with Crippen LogP contribution in [-0.4, -0.2) is 38.1 Å². The molecule has 12 heteroatoms. The lowest BCUT2D eigenvalue weighted by Gasteiger charge is -2.28. The van der Waals surface area contributed by atoms with Crippen molar-refractivity contribution in [3.05, 3.63) is 117 Å². The lowest BCUT2D eigenvalue weighted by Crippen LogP contribution is -2.35. The number of carboxylic acid groups (broad SMARTS) is 1. The van der Waals surface area contributed by atoms with Gasteiger partial charge in [-0.1, -0.05) is 18.2 Å². The molecule has 0 spiro atoms. The van der Waals surface area contributed by atoms with E-state index < -0.39 is 34.9 Å².